The molecule has 2 saturated heterocycles. The molecule has 1 unspecified atom stereocenters. The normalized spacial score (nSPS) is 17.5. The lowest BCUT2D eigenvalue weighted by atomic mass is 10.0. The van der Waals surface area contributed by atoms with Crippen molar-refractivity contribution in [2.45, 2.75) is 32.0 Å². The van der Waals surface area contributed by atoms with E-state index in [1.165, 1.54) is 35.7 Å². The van der Waals surface area contributed by atoms with Gasteiger partial charge in [-0.1, -0.05) is 30.3 Å². The summed E-state index contributed by atoms with van der Waals surface area (Å²) in [5.41, 5.74) is 3.36. The SMILES string of the molecule is CN(C(=O)c1cccc(OCc2ccc(CN3CCN(c4ccc(F)cc4)CC3)cc2)c1C=O)C1CCC(=O)NC1=O. The highest BCUT2D eigenvalue weighted by molar-refractivity contribution is 6.06. The van der Waals surface area contributed by atoms with Crippen LogP contribution in [0.4, 0.5) is 10.1 Å². The second kappa shape index (κ2) is 12.9. The van der Waals surface area contributed by atoms with Gasteiger partial charge in [-0.15, -0.1) is 0 Å². The van der Waals surface area contributed by atoms with E-state index in [9.17, 15) is 23.6 Å². The summed E-state index contributed by atoms with van der Waals surface area (Å²) in [5, 5.41) is 2.25. The Hall–Kier alpha value is -4.57. The van der Waals surface area contributed by atoms with Gasteiger partial charge in [-0.2, -0.15) is 0 Å². The van der Waals surface area contributed by atoms with E-state index in [1.54, 1.807) is 12.1 Å². The van der Waals surface area contributed by atoms with Gasteiger partial charge < -0.3 is 14.5 Å². The van der Waals surface area contributed by atoms with Crippen LogP contribution in [0, 0.1) is 5.82 Å². The van der Waals surface area contributed by atoms with E-state index in [0.29, 0.717) is 6.29 Å². The number of aldehydes is 1. The lowest BCUT2D eigenvalue weighted by molar-refractivity contribution is -0.136. The maximum atomic E-state index is 13.2. The number of amides is 3. The fraction of sp³-hybridized carbons (Fsp3) is 0.312. The number of carbonyl (C=O) groups excluding carboxylic acids is 4. The summed E-state index contributed by atoms with van der Waals surface area (Å²) >= 11 is 0. The summed E-state index contributed by atoms with van der Waals surface area (Å²) in [6.07, 6.45) is 0.951. The molecule has 0 radical (unpaired) electrons. The van der Waals surface area contributed by atoms with Gasteiger partial charge in [0.15, 0.2) is 6.29 Å². The highest BCUT2D eigenvalue weighted by Gasteiger charge is 2.33. The molecule has 1 atom stereocenters. The first-order valence-electron chi connectivity index (χ1n) is 13.9. The summed E-state index contributed by atoms with van der Waals surface area (Å²) in [6, 6.07) is 18.7. The van der Waals surface area contributed by atoms with Crippen molar-refractivity contribution in [3.8, 4) is 5.75 Å². The molecule has 10 heteroatoms. The second-order valence-corrected chi connectivity index (χ2v) is 10.6. The van der Waals surface area contributed by atoms with Gasteiger partial charge in [-0.3, -0.25) is 29.4 Å². The minimum Gasteiger partial charge on any atom is -0.488 e. The summed E-state index contributed by atoms with van der Waals surface area (Å²) in [4.78, 5) is 54.9. The smallest absolute Gasteiger partial charge is 0.255 e. The Morgan fingerprint density at radius 1 is 1.00 bits per heavy atom. The third-order valence-electron chi connectivity index (χ3n) is 7.80. The van der Waals surface area contributed by atoms with Crippen molar-refractivity contribution in [1.82, 2.24) is 15.1 Å². The predicted octanol–water partition coefficient (Wildman–Crippen LogP) is 3.42. The number of halogens is 1. The second-order valence-electron chi connectivity index (χ2n) is 10.6. The first-order valence-corrected chi connectivity index (χ1v) is 13.9. The number of carbonyl (C=O) groups is 4. The van der Waals surface area contributed by atoms with Crippen LogP contribution in [0.1, 0.15) is 44.7 Å². The molecule has 2 heterocycles. The molecule has 3 aromatic carbocycles. The van der Waals surface area contributed by atoms with Crippen LogP contribution in [0.15, 0.2) is 66.7 Å². The number of nitrogens with zero attached hydrogens (tertiary/aromatic N) is 3. The van der Waals surface area contributed by atoms with E-state index in [2.05, 4.69) is 27.2 Å². The molecule has 2 fully saturated rings. The van der Waals surface area contributed by atoms with Gasteiger partial charge in [-0.25, -0.2) is 4.39 Å². The first-order chi connectivity index (χ1) is 20.3. The summed E-state index contributed by atoms with van der Waals surface area (Å²) in [7, 11) is 1.48. The summed E-state index contributed by atoms with van der Waals surface area (Å²) in [6.45, 7) is 4.59. The molecule has 2 aliphatic rings. The van der Waals surface area contributed by atoms with Crippen molar-refractivity contribution in [3.63, 3.8) is 0 Å². The molecule has 3 amide bonds. The van der Waals surface area contributed by atoms with Crippen LogP contribution in [0.3, 0.4) is 0 Å². The van der Waals surface area contributed by atoms with E-state index in [-0.39, 0.29) is 48.0 Å². The molecular formula is C32H33FN4O5. The Labute approximate surface area is 243 Å². The van der Waals surface area contributed by atoms with Gasteiger partial charge in [0.25, 0.3) is 5.91 Å². The number of hydrogen-bond acceptors (Lipinski definition) is 7. The van der Waals surface area contributed by atoms with Crippen molar-refractivity contribution in [3.05, 3.63) is 94.8 Å². The fourth-order valence-corrected chi connectivity index (χ4v) is 5.34. The van der Waals surface area contributed by atoms with Crippen LogP contribution in [0.5, 0.6) is 5.75 Å². The van der Waals surface area contributed by atoms with E-state index in [0.717, 1.165) is 44.0 Å². The quantitative estimate of drug-likeness (QED) is 0.310. The van der Waals surface area contributed by atoms with Crippen molar-refractivity contribution >= 4 is 29.7 Å². The molecular weight excluding hydrogens is 539 g/mol. The number of piperazine rings is 1. The van der Waals surface area contributed by atoms with Gasteiger partial charge >= 0.3 is 0 Å². The lowest BCUT2D eigenvalue weighted by Crippen LogP contribution is -2.53. The summed E-state index contributed by atoms with van der Waals surface area (Å²) in [5.74, 6) is -1.35. The zero-order chi connectivity index (χ0) is 29.6. The average molecular weight is 573 g/mol. The molecule has 9 nitrogen and oxygen atoms in total. The van der Waals surface area contributed by atoms with Crippen LogP contribution < -0.4 is 15.0 Å². The van der Waals surface area contributed by atoms with E-state index in [4.69, 9.17) is 4.74 Å². The third-order valence-corrected chi connectivity index (χ3v) is 7.80. The number of likely N-dealkylation sites (N-methyl/N-ethyl adjacent to an activating group) is 1. The number of imide groups is 1. The van der Waals surface area contributed by atoms with Crippen molar-refractivity contribution in [2.75, 3.05) is 38.1 Å². The number of benzene rings is 3. The van der Waals surface area contributed by atoms with Gasteiger partial charge in [-0.05, 0) is 53.9 Å². The molecule has 218 valence electrons. The topological polar surface area (TPSA) is 99.3 Å². The Morgan fingerprint density at radius 3 is 2.36 bits per heavy atom. The molecule has 0 aliphatic carbocycles. The predicted molar refractivity (Wildman–Crippen MR) is 155 cm³/mol. The maximum Gasteiger partial charge on any atom is 0.255 e. The van der Waals surface area contributed by atoms with Crippen LogP contribution in [0.25, 0.3) is 0 Å². The molecule has 5 rings (SSSR count). The number of anilines is 1. The number of piperidine rings is 1. The molecule has 0 spiro atoms. The van der Waals surface area contributed by atoms with E-state index < -0.39 is 17.9 Å². The number of rotatable bonds is 9. The highest BCUT2D eigenvalue weighted by atomic mass is 19.1. The monoisotopic (exact) mass is 572 g/mol. The fourth-order valence-electron chi connectivity index (χ4n) is 5.34. The lowest BCUT2D eigenvalue weighted by Gasteiger charge is -2.36. The van der Waals surface area contributed by atoms with Crippen LogP contribution in [-0.4, -0.2) is 73.1 Å². The molecule has 0 bridgehead atoms. The average Bonchev–Trinajstić information content (AvgIpc) is 3.00. The standard InChI is InChI=1S/C32H33FN4O5/c1-35(28-13-14-30(39)34-31(28)40)32(41)26-3-2-4-29(27(26)20-38)42-21-23-7-5-22(6-8-23)19-36-15-17-37(18-16-36)25-11-9-24(33)10-12-25/h2-12,20,28H,13-19,21H2,1H3,(H,34,39,40). The van der Waals surface area contributed by atoms with Crippen molar-refractivity contribution < 1.29 is 28.3 Å². The minimum atomic E-state index is -0.795. The zero-order valence-electron chi connectivity index (χ0n) is 23.4. The van der Waals surface area contributed by atoms with Crippen LogP contribution in [0.2, 0.25) is 0 Å². The molecule has 2 aliphatic heterocycles. The number of ether oxygens (including phenoxy) is 1. The van der Waals surface area contributed by atoms with Crippen molar-refractivity contribution in [1.29, 1.82) is 0 Å². The largest absolute Gasteiger partial charge is 0.488 e. The van der Waals surface area contributed by atoms with E-state index in [1.807, 2.05) is 24.3 Å². The zero-order valence-corrected chi connectivity index (χ0v) is 23.4. The summed E-state index contributed by atoms with van der Waals surface area (Å²) < 4.78 is 19.2. The van der Waals surface area contributed by atoms with Gasteiger partial charge in [0.2, 0.25) is 11.8 Å². The number of hydrogen-bond donors (Lipinski definition) is 1. The Kier molecular flexibility index (Phi) is 8.92. The Morgan fingerprint density at radius 2 is 1.69 bits per heavy atom. The third kappa shape index (κ3) is 6.66. The first kappa shape index (κ1) is 28.9. The maximum absolute atomic E-state index is 13.2. The highest BCUT2D eigenvalue weighted by Crippen LogP contribution is 2.25. The molecule has 0 aromatic heterocycles. The van der Waals surface area contributed by atoms with E-state index >= 15 is 0 Å². The Balaban J connectivity index is 1.16. The minimum absolute atomic E-state index is 0.109. The van der Waals surface area contributed by atoms with Crippen LogP contribution in [-0.2, 0) is 22.7 Å². The number of nitrogens with one attached hydrogen (secondary N) is 1. The van der Waals surface area contributed by atoms with Crippen molar-refractivity contribution in [2.24, 2.45) is 0 Å². The Bertz CT molecular complexity index is 1450. The molecule has 3 aromatic rings. The molecule has 0 saturated carbocycles. The molecule has 1 N–H and O–H groups in total. The van der Waals surface area contributed by atoms with Crippen LogP contribution >= 0.6 is 0 Å². The van der Waals surface area contributed by atoms with Gasteiger partial charge in [0, 0.05) is 51.9 Å². The molecule has 42 heavy (non-hydrogen) atoms. The van der Waals surface area contributed by atoms with Gasteiger partial charge in [0.05, 0.1) is 11.1 Å². The van der Waals surface area contributed by atoms with Gasteiger partial charge in [0.1, 0.15) is 24.2 Å².